The molecular weight excluding hydrogens is 515 g/mol. The minimum absolute atomic E-state index is 0.0563. The second-order valence-electron chi connectivity index (χ2n) is 12.6. The Kier molecular flexibility index (Phi) is 11.2. The van der Waals surface area contributed by atoms with Crippen molar-refractivity contribution in [3.8, 4) is 0 Å². The molecule has 4 rings (SSSR count). The first-order valence-corrected chi connectivity index (χ1v) is 15.6. The zero-order valence-electron chi connectivity index (χ0n) is 25.4. The Balaban J connectivity index is 1.24. The van der Waals surface area contributed by atoms with Gasteiger partial charge in [-0.2, -0.15) is 0 Å². The summed E-state index contributed by atoms with van der Waals surface area (Å²) in [6.07, 6.45) is 9.58. The van der Waals surface area contributed by atoms with Crippen LogP contribution < -0.4 is 5.32 Å². The van der Waals surface area contributed by atoms with E-state index in [9.17, 15) is 14.3 Å². The number of halogens is 1. The van der Waals surface area contributed by atoms with Gasteiger partial charge in [0.2, 0.25) is 0 Å². The van der Waals surface area contributed by atoms with Crippen molar-refractivity contribution in [1.29, 1.82) is 0 Å². The minimum atomic E-state index is -0.934. The van der Waals surface area contributed by atoms with E-state index >= 15 is 0 Å². The van der Waals surface area contributed by atoms with E-state index in [1.165, 1.54) is 17.5 Å². The molecule has 0 spiro atoms. The number of carboxylic acid groups (broad SMARTS) is 1. The second-order valence-corrected chi connectivity index (χ2v) is 12.6. The van der Waals surface area contributed by atoms with Crippen LogP contribution in [0, 0.1) is 23.6 Å². The van der Waals surface area contributed by atoms with Crippen molar-refractivity contribution in [3.05, 3.63) is 65.2 Å². The number of carbonyl (C=O) groups is 1. The average Bonchev–Trinajstić information content (AvgIpc) is 3.26. The number of nitrogens with one attached hydrogen (secondary N) is 1. The number of aromatic nitrogens is 2. The fraction of sp³-hybridized carbons (Fsp3) is 0.588. The van der Waals surface area contributed by atoms with Crippen LogP contribution in [0.25, 0.3) is 11.0 Å². The van der Waals surface area contributed by atoms with Crippen molar-refractivity contribution < 1.29 is 14.3 Å². The summed E-state index contributed by atoms with van der Waals surface area (Å²) in [4.78, 5) is 18.9. The van der Waals surface area contributed by atoms with Gasteiger partial charge in [0.15, 0.2) is 0 Å². The fourth-order valence-electron chi connectivity index (χ4n) is 6.73. The number of unbranched alkanes of at least 4 members (excludes halogenated alkanes) is 2. The van der Waals surface area contributed by atoms with Gasteiger partial charge in [0, 0.05) is 19.5 Å². The van der Waals surface area contributed by atoms with E-state index in [1.54, 1.807) is 12.1 Å². The van der Waals surface area contributed by atoms with Gasteiger partial charge in [-0.1, -0.05) is 38.5 Å². The van der Waals surface area contributed by atoms with E-state index in [4.69, 9.17) is 4.98 Å². The molecule has 1 aliphatic carbocycles. The van der Waals surface area contributed by atoms with E-state index in [0.717, 1.165) is 87.8 Å². The molecule has 1 aliphatic rings. The molecule has 6 nitrogen and oxygen atoms in total. The predicted molar refractivity (Wildman–Crippen MR) is 165 cm³/mol. The lowest BCUT2D eigenvalue weighted by Crippen LogP contribution is -2.44. The van der Waals surface area contributed by atoms with Crippen LogP contribution in [0.3, 0.4) is 0 Å². The number of aryl methyl sites for hydroxylation is 3. The SMILES string of the molecule is CC(C)[C@H](NC(=O)O)[C@@H](CCC1CCc2cc(F)ccc2C1)CCN(C)CCCCCc1nc2ccccc2n1C. The van der Waals surface area contributed by atoms with Gasteiger partial charge in [-0.05, 0) is 125 Å². The van der Waals surface area contributed by atoms with Crippen molar-refractivity contribution in [2.45, 2.75) is 84.1 Å². The van der Waals surface area contributed by atoms with Gasteiger partial charge in [0.1, 0.15) is 11.6 Å². The molecule has 0 bridgehead atoms. The summed E-state index contributed by atoms with van der Waals surface area (Å²) in [5.74, 6) is 2.11. The highest BCUT2D eigenvalue weighted by molar-refractivity contribution is 5.75. The lowest BCUT2D eigenvalue weighted by molar-refractivity contribution is 0.165. The minimum Gasteiger partial charge on any atom is -0.465 e. The molecule has 224 valence electrons. The molecule has 41 heavy (non-hydrogen) atoms. The molecule has 0 radical (unpaired) electrons. The van der Waals surface area contributed by atoms with Crippen LogP contribution in [0.2, 0.25) is 0 Å². The highest BCUT2D eigenvalue weighted by Gasteiger charge is 2.28. The van der Waals surface area contributed by atoms with Crippen molar-refractivity contribution in [1.82, 2.24) is 19.8 Å². The molecule has 2 N–H and O–H groups in total. The first-order valence-electron chi connectivity index (χ1n) is 15.6. The molecule has 0 fully saturated rings. The van der Waals surface area contributed by atoms with Crippen LogP contribution in [0.4, 0.5) is 9.18 Å². The van der Waals surface area contributed by atoms with Gasteiger partial charge in [-0.25, -0.2) is 14.2 Å². The number of hydrogen-bond acceptors (Lipinski definition) is 3. The average molecular weight is 565 g/mol. The zero-order chi connectivity index (χ0) is 29.4. The summed E-state index contributed by atoms with van der Waals surface area (Å²) in [7, 11) is 4.29. The Bertz CT molecular complexity index is 1270. The van der Waals surface area contributed by atoms with Gasteiger partial charge in [0.05, 0.1) is 11.0 Å². The standard InChI is InChI=1S/C34H49FN4O2/c1-24(2)33(37-34(40)41)26(15-13-25-14-16-28-23-29(35)18-17-27(28)22-25)19-21-38(3)20-9-5-6-12-32-36-30-10-7-8-11-31(30)39(32)4/h7-8,10-11,17-18,23-26,33,37H,5-6,9,12-16,19-22H2,1-4H3,(H,40,41)/t25?,26-,33-/m0/s1. The predicted octanol–water partition coefficient (Wildman–Crippen LogP) is 7.24. The quantitative estimate of drug-likeness (QED) is 0.191. The molecule has 0 aliphatic heterocycles. The third-order valence-electron chi connectivity index (χ3n) is 9.16. The van der Waals surface area contributed by atoms with E-state index in [0.29, 0.717) is 11.8 Å². The number of para-hydroxylation sites is 2. The van der Waals surface area contributed by atoms with Crippen molar-refractivity contribution >= 4 is 17.1 Å². The normalized spacial score (nSPS) is 16.7. The fourth-order valence-corrected chi connectivity index (χ4v) is 6.73. The Morgan fingerprint density at radius 1 is 1.12 bits per heavy atom. The van der Waals surface area contributed by atoms with Gasteiger partial charge < -0.3 is 19.9 Å². The number of hydrogen-bond donors (Lipinski definition) is 2. The molecule has 1 heterocycles. The first kappa shape index (κ1) is 31.0. The van der Waals surface area contributed by atoms with E-state index in [1.807, 2.05) is 12.1 Å². The Morgan fingerprint density at radius 3 is 2.68 bits per heavy atom. The van der Waals surface area contributed by atoms with E-state index in [2.05, 4.69) is 60.9 Å². The number of rotatable bonds is 15. The Morgan fingerprint density at radius 2 is 1.93 bits per heavy atom. The van der Waals surface area contributed by atoms with Gasteiger partial charge >= 0.3 is 6.09 Å². The summed E-state index contributed by atoms with van der Waals surface area (Å²) in [6.45, 7) is 6.25. The largest absolute Gasteiger partial charge is 0.465 e. The molecule has 7 heteroatoms. The number of nitrogens with zero attached hydrogens (tertiary/aromatic N) is 3. The smallest absolute Gasteiger partial charge is 0.404 e. The molecule has 1 unspecified atom stereocenters. The summed E-state index contributed by atoms with van der Waals surface area (Å²) >= 11 is 0. The molecule has 1 amide bonds. The van der Waals surface area contributed by atoms with Crippen molar-refractivity contribution in [2.75, 3.05) is 20.1 Å². The Labute approximate surface area is 245 Å². The number of amides is 1. The number of fused-ring (bicyclic) bond motifs is 2. The monoisotopic (exact) mass is 564 g/mol. The first-order chi connectivity index (χ1) is 19.7. The van der Waals surface area contributed by atoms with E-state index < -0.39 is 6.09 Å². The molecular formula is C34H49FN4O2. The van der Waals surface area contributed by atoms with Crippen molar-refractivity contribution in [2.24, 2.45) is 24.8 Å². The molecule has 1 aromatic heterocycles. The summed E-state index contributed by atoms with van der Waals surface area (Å²) < 4.78 is 15.9. The van der Waals surface area contributed by atoms with Crippen LogP contribution in [0.1, 0.15) is 75.7 Å². The lowest BCUT2D eigenvalue weighted by Gasteiger charge is -2.33. The number of imidazole rings is 1. The van der Waals surface area contributed by atoms with Gasteiger partial charge in [-0.15, -0.1) is 0 Å². The van der Waals surface area contributed by atoms with Gasteiger partial charge in [0.25, 0.3) is 0 Å². The molecule has 3 atom stereocenters. The van der Waals surface area contributed by atoms with Crippen LogP contribution in [0.5, 0.6) is 0 Å². The summed E-state index contributed by atoms with van der Waals surface area (Å²) in [5, 5.41) is 12.4. The maximum Gasteiger partial charge on any atom is 0.404 e. The third-order valence-corrected chi connectivity index (χ3v) is 9.16. The summed E-state index contributed by atoms with van der Waals surface area (Å²) in [6, 6.07) is 13.5. The van der Waals surface area contributed by atoms with Crippen LogP contribution in [-0.4, -0.2) is 51.8 Å². The Hall–Kier alpha value is -2.93. The highest BCUT2D eigenvalue weighted by Crippen LogP contribution is 2.32. The topological polar surface area (TPSA) is 70.4 Å². The summed E-state index contributed by atoms with van der Waals surface area (Å²) in [5.41, 5.74) is 4.69. The maximum absolute atomic E-state index is 13.6. The van der Waals surface area contributed by atoms with Crippen LogP contribution in [-0.2, 0) is 26.3 Å². The molecule has 3 aromatic rings. The molecule has 0 saturated heterocycles. The van der Waals surface area contributed by atoms with Gasteiger partial charge in [-0.3, -0.25) is 0 Å². The van der Waals surface area contributed by atoms with Crippen LogP contribution in [0.15, 0.2) is 42.5 Å². The second kappa shape index (κ2) is 14.8. The lowest BCUT2D eigenvalue weighted by atomic mass is 9.77. The zero-order valence-corrected chi connectivity index (χ0v) is 25.4. The van der Waals surface area contributed by atoms with E-state index in [-0.39, 0.29) is 17.8 Å². The number of benzene rings is 2. The highest BCUT2D eigenvalue weighted by atomic mass is 19.1. The molecule has 2 aromatic carbocycles. The van der Waals surface area contributed by atoms with Crippen molar-refractivity contribution in [3.63, 3.8) is 0 Å². The molecule has 0 saturated carbocycles. The maximum atomic E-state index is 13.6. The third kappa shape index (κ3) is 8.78. The van der Waals surface area contributed by atoms with Crippen LogP contribution >= 0.6 is 0 Å².